The van der Waals surface area contributed by atoms with Crippen molar-refractivity contribution in [3.05, 3.63) is 42.2 Å². The molecule has 0 spiro atoms. The lowest BCUT2D eigenvalue weighted by Crippen LogP contribution is -2.35. The lowest BCUT2D eigenvalue weighted by Gasteiger charge is -2.25. The number of nitrogens with one attached hydrogen (secondary N) is 1. The van der Waals surface area contributed by atoms with Crippen LogP contribution in [0.3, 0.4) is 0 Å². The molecule has 0 radical (unpaired) electrons. The van der Waals surface area contributed by atoms with E-state index in [1.165, 1.54) is 16.4 Å². The highest BCUT2D eigenvalue weighted by atomic mass is 32.2. The molecule has 4 rings (SSSR count). The summed E-state index contributed by atoms with van der Waals surface area (Å²) in [7, 11) is -3.66. The number of anilines is 2. The van der Waals surface area contributed by atoms with Crippen molar-refractivity contribution in [3.8, 4) is 5.75 Å². The van der Waals surface area contributed by atoms with Crippen molar-refractivity contribution in [2.75, 3.05) is 43.0 Å². The summed E-state index contributed by atoms with van der Waals surface area (Å²) >= 11 is 0. The minimum atomic E-state index is -3.66. The molecule has 0 aliphatic carbocycles. The summed E-state index contributed by atoms with van der Waals surface area (Å²) in [6, 6.07) is 6.55. The number of aryl methyl sites for hydroxylation is 1. The molecule has 0 bridgehead atoms. The summed E-state index contributed by atoms with van der Waals surface area (Å²) in [5.41, 5.74) is 2.55. The lowest BCUT2D eigenvalue weighted by atomic mass is 10.2. The Kier molecular flexibility index (Phi) is 4.94. The number of hydrogen-bond acceptors (Lipinski definition) is 6. The minimum Gasteiger partial charge on any atom is -0.482 e. The topological polar surface area (TPSA) is 91.8 Å². The van der Waals surface area contributed by atoms with Crippen molar-refractivity contribution in [1.82, 2.24) is 9.29 Å². The number of nitrogens with zero attached hydrogens (tertiary/aromatic N) is 3. The van der Waals surface area contributed by atoms with Gasteiger partial charge in [-0.15, -0.1) is 0 Å². The van der Waals surface area contributed by atoms with Crippen molar-refractivity contribution in [1.29, 1.82) is 0 Å². The molecule has 1 aromatic carbocycles. The first-order chi connectivity index (χ1) is 13.4. The van der Waals surface area contributed by atoms with E-state index < -0.39 is 10.0 Å². The van der Waals surface area contributed by atoms with Crippen molar-refractivity contribution >= 4 is 27.3 Å². The van der Waals surface area contributed by atoms with E-state index >= 15 is 0 Å². The largest absolute Gasteiger partial charge is 0.482 e. The fourth-order valence-electron chi connectivity index (χ4n) is 3.57. The Morgan fingerprint density at radius 3 is 2.82 bits per heavy atom. The number of pyridine rings is 1. The summed E-state index contributed by atoms with van der Waals surface area (Å²) < 4.78 is 33.1. The maximum absolute atomic E-state index is 13.2. The molecule has 8 nitrogen and oxygen atoms in total. The predicted molar refractivity (Wildman–Crippen MR) is 105 cm³/mol. The van der Waals surface area contributed by atoms with Gasteiger partial charge in [0.1, 0.15) is 5.75 Å². The van der Waals surface area contributed by atoms with Crippen LogP contribution < -0.4 is 15.0 Å². The van der Waals surface area contributed by atoms with E-state index in [-0.39, 0.29) is 17.4 Å². The molecule has 0 saturated carbocycles. The van der Waals surface area contributed by atoms with Crippen LogP contribution in [0.2, 0.25) is 0 Å². The maximum Gasteiger partial charge on any atom is 0.262 e. The SMILES string of the molecule is Cc1cnccc1N1CCCN(S(=O)(=O)c2ccc3c(c2)NC(=O)CO3)CC1. The number of carbonyl (C=O) groups excluding carboxylic acids is 1. The fourth-order valence-corrected chi connectivity index (χ4v) is 5.06. The molecule has 2 aliphatic heterocycles. The molecule has 1 aromatic heterocycles. The standard InChI is InChI=1S/C19H22N4O4S/c1-14-12-20-6-5-17(14)22-7-2-8-23(10-9-22)28(25,26)15-3-4-18-16(11-15)21-19(24)13-27-18/h3-6,11-12H,2,7-10,13H2,1H3,(H,21,24). The predicted octanol–water partition coefficient (Wildman–Crippen LogP) is 1.62. The van der Waals surface area contributed by atoms with E-state index in [9.17, 15) is 13.2 Å². The molecule has 2 aliphatic rings. The van der Waals surface area contributed by atoms with Gasteiger partial charge in [-0.05, 0) is 43.2 Å². The lowest BCUT2D eigenvalue weighted by molar-refractivity contribution is -0.118. The van der Waals surface area contributed by atoms with E-state index in [1.807, 2.05) is 19.2 Å². The first-order valence-electron chi connectivity index (χ1n) is 9.17. The van der Waals surface area contributed by atoms with Crippen LogP contribution in [0.5, 0.6) is 5.75 Å². The summed E-state index contributed by atoms with van der Waals surface area (Å²) in [6.07, 6.45) is 4.30. The number of aromatic nitrogens is 1. The number of rotatable bonds is 3. The molecular weight excluding hydrogens is 380 g/mol. The van der Waals surface area contributed by atoms with Gasteiger partial charge in [0.15, 0.2) is 6.61 Å². The molecule has 3 heterocycles. The van der Waals surface area contributed by atoms with Gasteiger partial charge in [-0.1, -0.05) is 0 Å². The van der Waals surface area contributed by atoms with Crippen molar-refractivity contribution in [2.24, 2.45) is 0 Å². The van der Waals surface area contributed by atoms with Gasteiger partial charge in [-0.2, -0.15) is 4.31 Å². The number of hydrogen-bond donors (Lipinski definition) is 1. The van der Waals surface area contributed by atoms with Gasteiger partial charge >= 0.3 is 0 Å². The third kappa shape index (κ3) is 3.55. The number of fused-ring (bicyclic) bond motifs is 1. The normalized spacial score (nSPS) is 18.0. The van der Waals surface area contributed by atoms with Gasteiger partial charge in [-0.25, -0.2) is 8.42 Å². The van der Waals surface area contributed by atoms with Crippen molar-refractivity contribution in [3.63, 3.8) is 0 Å². The Morgan fingerprint density at radius 1 is 1.14 bits per heavy atom. The third-order valence-electron chi connectivity index (χ3n) is 5.01. The molecule has 1 fully saturated rings. The zero-order valence-electron chi connectivity index (χ0n) is 15.6. The fraction of sp³-hybridized carbons (Fsp3) is 0.368. The third-order valence-corrected chi connectivity index (χ3v) is 6.90. The Labute approximate surface area is 164 Å². The highest BCUT2D eigenvalue weighted by Crippen LogP contribution is 2.31. The molecule has 1 amide bonds. The molecule has 2 aromatic rings. The van der Waals surface area contributed by atoms with Gasteiger partial charge in [0, 0.05) is 44.3 Å². The quantitative estimate of drug-likeness (QED) is 0.839. The van der Waals surface area contributed by atoms with Crippen LogP contribution in [-0.4, -0.2) is 56.4 Å². The highest BCUT2D eigenvalue weighted by Gasteiger charge is 2.29. The molecule has 1 saturated heterocycles. The Balaban J connectivity index is 1.55. The van der Waals surface area contributed by atoms with Crippen LogP contribution in [-0.2, 0) is 14.8 Å². The summed E-state index contributed by atoms with van der Waals surface area (Å²) in [4.78, 5) is 18.0. The Morgan fingerprint density at radius 2 is 2.00 bits per heavy atom. The second-order valence-electron chi connectivity index (χ2n) is 6.90. The Bertz CT molecular complexity index is 1010. The van der Waals surface area contributed by atoms with Gasteiger partial charge in [0.25, 0.3) is 5.91 Å². The van der Waals surface area contributed by atoms with E-state index in [1.54, 1.807) is 12.3 Å². The number of ether oxygens (including phenoxy) is 1. The van der Waals surface area contributed by atoms with Crippen LogP contribution in [0.25, 0.3) is 0 Å². The van der Waals surface area contributed by atoms with Crippen LogP contribution in [0.15, 0.2) is 41.6 Å². The van der Waals surface area contributed by atoms with E-state index in [2.05, 4.69) is 15.2 Å². The van der Waals surface area contributed by atoms with Gasteiger partial charge in [0.2, 0.25) is 10.0 Å². The van der Waals surface area contributed by atoms with Crippen LogP contribution >= 0.6 is 0 Å². The molecule has 0 atom stereocenters. The van der Waals surface area contributed by atoms with Crippen molar-refractivity contribution < 1.29 is 17.9 Å². The van der Waals surface area contributed by atoms with E-state index in [4.69, 9.17) is 4.74 Å². The van der Waals surface area contributed by atoms with Crippen LogP contribution in [0.4, 0.5) is 11.4 Å². The number of carbonyl (C=O) groups is 1. The number of amides is 1. The second kappa shape index (κ2) is 7.40. The maximum atomic E-state index is 13.2. The highest BCUT2D eigenvalue weighted by molar-refractivity contribution is 7.89. The molecule has 148 valence electrons. The van der Waals surface area contributed by atoms with Crippen LogP contribution in [0.1, 0.15) is 12.0 Å². The molecule has 0 unspecified atom stereocenters. The zero-order valence-corrected chi connectivity index (χ0v) is 16.4. The summed E-state index contributed by atoms with van der Waals surface area (Å²) in [6.45, 7) is 4.17. The molecule has 1 N–H and O–H groups in total. The van der Waals surface area contributed by atoms with Gasteiger partial charge in [-0.3, -0.25) is 9.78 Å². The Hall–Kier alpha value is -2.65. The monoisotopic (exact) mass is 402 g/mol. The second-order valence-corrected chi connectivity index (χ2v) is 8.84. The molecular formula is C19H22N4O4S. The average molecular weight is 402 g/mol. The summed E-state index contributed by atoms with van der Waals surface area (Å²) in [5, 5.41) is 2.66. The average Bonchev–Trinajstić information content (AvgIpc) is 2.94. The molecule has 9 heteroatoms. The van der Waals surface area contributed by atoms with Crippen LogP contribution in [0, 0.1) is 6.92 Å². The number of benzene rings is 1. The summed E-state index contributed by atoms with van der Waals surface area (Å²) in [5.74, 6) is 0.189. The minimum absolute atomic E-state index is 0.0600. The van der Waals surface area contributed by atoms with Gasteiger partial charge < -0.3 is 15.0 Å². The zero-order chi connectivity index (χ0) is 19.7. The van der Waals surface area contributed by atoms with Crippen molar-refractivity contribution in [2.45, 2.75) is 18.2 Å². The smallest absolute Gasteiger partial charge is 0.262 e. The molecule has 28 heavy (non-hydrogen) atoms. The van der Waals surface area contributed by atoms with E-state index in [0.29, 0.717) is 31.1 Å². The van der Waals surface area contributed by atoms with E-state index in [0.717, 1.165) is 24.2 Å². The number of sulfonamides is 1. The first-order valence-corrected chi connectivity index (χ1v) is 10.6. The van der Waals surface area contributed by atoms with Gasteiger partial charge in [0.05, 0.1) is 10.6 Å². The first kappa shape index (κ1) is 18.7.